The van der Waals surface area contributed by atoms with E-state index in [4.69, 9.17) is 10.4 Å². The van der Waals surface area contributed by atoms with Crippen LogP contribution in [0.15, 0.2) is 18.2 Å². The molecule has 1 aromatic carbocycles. The second-order valence-corrected chi connectivity index (χ2v) is 2.73. The van der Waals surface area contributed by atoms with E-state index in [1.807, 2.05) is 0 Å². The maximum Gasteiger partial charge on any atom is 0.329 e. The molecule has 6 heteroatoms. The van der Waals surface area contributed by atoms with Crippen molar-refractivity contribution < 1.29 is 23.1 Å². The Bertz CT molecular complexity index is 518. The van der Waals surface area contributed by atoms with Crippen LogP contribution in [0, 0.1) is 28.8 Å². The summed E-state index contributed by atoms with van der Waals surface area (Å²) >= 11 is 0. The molecule has 3 nitrogen and oxygen atoms in total. The third-order valence-corrected chi connectivity index (χ3v) is 1.70. The number of hydrogen-bond acceptors (Lipinski definition) is 2. The molecule has 16 heavy (non-hydrogen) atoms. The summed E-state index contributed by atoms with van der Waals surface area (Å²) in [6, 6.07) is 2.45. The highest BCUT2D eigenvalue weighted by atomic mass is 19.2. The first-order chi connectivity index (χ1) is 7.47. The predicted octanol–water partition coefficient (Wildman–Crippen LogP) is 2.10. The zero-order valence-electron chi connectivity index (χ0n) is 7.67. The van der Waals surface area contributed by atoms with Gasteiger partial charge in [-0.1, -0.05) is 0 Å². The molecule has 0 amide bonds. The Morgan fingerprint density at radius 2 is 1.88 bits per heavy atom. The molecule has 0 bridgehead atoms. The Morgan fingerprint density at radius 1 is 1.31 bits per heavy atom. The van der Waals surface area contributed by atoms with Crippen molar-refractivity contribution in [3.63, 3.8) is 0 Å². The fourth-order valence-corrected chi connectivity index (χ4v) is 1.06. The zero-order chi connectivity index (χ0) is 12.3. The first-order valence-corrected chi connectivity index (χ1v) is 3.96. The number of carboxylic acids is 1. The second kappa shape index (κ2) is 4.49. The van der Waals surface area contributed by atoms with Gasteiger partial charge in [-0.05, 0) is 12.1 Å². The van der Waals surface area contributed by atoms with E-state index in [1.165, 1.54) is 6.07 Å². The highest BCUT2D eigenvalue weighted by Crippen LogP contribution is 2.23. The van der Waals surface area contributed by atoms with Crippen LogP contribution in [0.25, 0.3) is 5.57 Å². The minimum atomic E-state index is -1.59. The third kappa shape index (κ3) is 2.20. The van der Waals surface area contributed by atoms with Crippen LogP contribution < -0.4 is 0 Å². The van der Waals surface area contributed by atoms with E-state index in [2.05, 4.69) is 0 Å². The van der Waals surface area contributed by atoms with Crippen LogP contribution in [0.2, 0.25) is 0 Å². The number of nitrogens with zero attached hydrogens (tertiary/aromatic N) is 1. The summed E-state index contributed by atoms with van der Waals surface area (Å²) in [5.41, 5.74) is -1.77. The summed E-state index contributed by atoms with van der Waals surface area (Å²) < 4.78 is 39.0. The molecule has 0 spiro atoms. The summed E-state index contributed by atoms with van der Waals surface area (Å²) in [4.78, 5) is 10.3. The number of halogens is 3. The largest absolute Gasteiger partial charge is 0.478 e. The van der Waals surface area contributed by atoms with Crippen molar-refractivity contribution in [2.75, 3.05) is 0 Å². The maximum atomic E-state index is 13.2. The van der Waals surface area contributed by atoms with Crippen molar-refractivity contribution in [3.8, 4) is 6.07 Å². The lowest BCUT2D eigenvalue weighted by Gasteiger charge is -2.03. The van der Waals surface area contributed by atoms with Gasteiger partial charge in [-0.2, -0.15) is 5.26 Å². The van der Waals surface area contributed by atoms with Gasteiger partial charge < -0.3 is 5.11 Å². The molecule has 0 radical (unpaired) electrons. The quantitative estimate of drug-likeness (QED) is 0.478. The van der Waals surface area contributed by atoms with Gasteiger partial charge in [0, 0.05) is 6.08 Å². The number of carboxylic acid groups (broad SMARTS) is 1. The number of nitriles is 1. The van der Waals surface area contributed by atoms with Gasteiger partial charge in [0.25, 0.3) is 0 Å². The third-order valence-electron chi connectivity index (χ3n) is 1.70. The van der Waals surface area contributed by atoms with E-state index in [0.29, 0.717) is 18.2 Å². The van der Waals surface area contributed by atoms with Crippen LogP contribution >= 0.6 is 0 Å². The van der Waals surface area contributed by atoms with Crippen LogP contribution in [0.4, 0.5) is 13.2 Å². The van der Waals surface area contributed by atoms with Crippen LogP contribution in [0.5, 0.6) is 0 Å². The molecular formula is C10H4F3NO2. The molecule has 0 aromatic heterocycles. The molecule has 82 valence electrons. The van der Waals surface area contributed by atoms with E-state index >= 15 is 0 Å². The van der Waals surface area contributed by atoms with Crippen molar-refractivity contribution in [1.29, 1.82) is 5.26 Å². The first kappa shape index (κ1) is 11.8. The molecular weight excluding hydrogens is 223 g/mol. The number of hydrogen-bond donors (Lipinski definition) is 1. The molecule has 1 aromatic rings. The van der Waals surface area contributed by atoms with E-state index in [0.717, 1.165) is 0 Å². The summed E-state index contributed by atoms with van der Waals surface area (Å²) in [5, 5.41) is 16.9. The Labute approximate surface area is 88.0 Å². The van der Waals surface area contributed by atoms with Gasteiger partial charge in [0.05, 0.1) is 11.1 Å². The Hall–Kier alpha value is -2.29. The normalized spacial score (nSPS) is 11.0. The molecule has 1 N–H and O–H groups in total. The van der Waals surface area contributed by atoms with Crippen molar-refractivity contribution >= 4 is 11.5 Å². The Kier molecular flexibility index (Phi) is 3.30. The summed E-state index contributed by atoms with van der Waals surface area (Å²) in [6.45, 7) is 0. The van der Waals surface area contributed by atoms with Crippen molar-refractivity contribution in [3.05, 3.63) is 41.2 Å². The lowest BCUT2D eigenvalue weighted by Crippen LogP contribution is -1.99. The SMILES string of the molecule is N#CC(=CC(=O)O)c1c(F)ccc(F)c1F. The van der Waals surface area contributed by atoms with E-state index < -0.39 is 34.6 Å². The average Bonchev–Trinajstić information content (AvgIpc) is 2.22. The predicted molar refractivity (Wildman–Crippen MR) is 47.5 cm³/mol. The van der Waals surface area contributed by atoms with Gasteiger partial charge in [0.1, 0.15) is 11.9 Å². The summed E-state index contributed by atoms with van der Waals surface area (Å²) in [5.74, 6) is -5.70. The molecule has 0 aliphatic carbocycles. The Morgan fingerprint density at radius 3 is 2.38 bits per heavy atom. The zero-order valence-corrected chi connectivity index (χ0v) is 7.67. The molecule has 0 fully saturated rings. The number of carbonyl (C=O) groups is 1. The standard InChI is InChI=1S/C10H4F3NO2/c11-6-1-2-7(12)10(13)9(6)5(4-14)3-8(15)16/h1-3H,(H,15,16). The van der Waals surface area contributed by atoms with Crippen molar-refractivity contribution in [2.45, 2.75) is 0 Å². The van der Waals surface area contributed by atoms with Gasteiger partial charge in [0.15, 0.2) is 11.6 Å². The van der Waals surface area contributed by atoms with Gasteiger partial charge in [0.2, 0.25) is 0 Å². The lowest BCUT2D eigenvalue weighted by molar-refractivity contribution is -0.131. The number of allylic oxidation sites excluding steroid dienone is 1. The van der Waals surface area contributed by atoms with Gasteiger partial charge >= 0.3 is 5.97 Å². The molecule has 0 saturated carbocycles. The average molecular weight is 227 g/mol. The smallest absolute Gasteiger partial charge is 0.329 e. The van der Waals surface area contributed by atoms with Crippen LogP contribution in [0.1, 0.15) is 5.56 Å². The fourth-order valence-electron chi connectivity index (χ4n) is 1.06. The monoisotopic (exact) mass is 227 g/mol. The van der Waals surface area contributed by atoms with E-state index in [1.54, 1.807) is 0 Å². The summed E-state index contributed by atoms with van der Waals surface area (Å²) in [7, 11) is 0. The topological polar surface area (TPSA) is 61.1 Å². The highest BCUT2D eigenvalue weighted by Gasteiger charge is 2.18. The lowest BCUT2D eigenvalue weighted by atomic mass is 10.1. The van der Waals surface area contributed by atoms with Gasteiger partial charge in [-0.15, -0.1) is 0 Å². The molecule has 0 aliphatic rings. The number of benzene rings is 1. The van der Waals surface area contributed by atoms with E-state index in [9.17, 15) is 18.0 Å². The first-order valence-electron chi connectivity index (χ1n) is 3.96. The highest BCUT2D eigenvalue weighted by molar-refractivity contribution is 5.94. The Balaban J connectivity index is 3.49. The summed E-state index contributed by atoms with van der Waals surface area (Å²) in [6.07, 6.45) is 0.306. The molecule has 0 unspecified atom stereocenters. The van der Waals surface area contributed by atoms with Gasteiger partial charge in [-0.25, -0.2) is 18.0 Å². The molecule has 0 saturated heterocycles. The second-order valence-electron chi connectivity index (χ2n) is 2.73. The van der Waals surface area contributed by atoms with Gasteiger partial charge in [-0.3, -0.25) is 0 Å². The minimum Gasteiger partial charge on any atom is -0.478 e. The minimum absolute atomic E-state index is 0.306. The molecule has 0 atom stereocenters. The number of aliphatic carboxylic acids is 1. The van der Waals surface area contributed by atoms with Crippen LogP contribution in [-0.4, -0.2) is 11.1 Å². The van der Waals surface area contributed by atoms with Crippen molar-refractivity contribution in [1.82, 2.24) is 0 Å². The molecule has 1 rings (SSSR count). The van der Waals surface area contributed by atoms with Crippen LogP contribution in [-0.2, 0) is 4.79 Å². The molecule has 0 aliphatic heterocycles. The fraction of sp³-hybridized carbons (Fsp3) is 0. The van der Waals surface area contributed by atoms with Crippen LogP contribution in [0.3, 0.4) is 0 Å². The maximum absolute atomic E-state index is 13.2. The molecule has 0 heterocycles. The van der Waals surface area contributed by atoms with E-state index in [-0.39, 0.29) is 0 Å². The van der Waals surface area contributed by atoms with Crippen molar-refractivity contribution in [2.24, 2.45) is 0 Å². The number of rotatable bonds is 2.